The van der Waals surface area contributed by atoms with Crippen LogP contribution in [0.15, 0.2) is 103 Å². The molecule has 0 N–H and O–H groups in total. The second-order valence-electron chi connectivity index (χ2n) is 5.55. The number of hydrogen-bond donors (Lipinski definition) is 0. The summed E-state index contributed by atoms with van der Waals surface area (Å²) in [5.74, 6) is 0. The van der Waals surface area contributed by atoms with Gasteiger partial charge in [-0.3, -0.25) is 0 Å². The van der Waals surface area contributed by atoms with E-state index in [0.717, 1.165) is 0 Å². The van der Waals surface area contributed by atoms with E-state index in [0.29, 0.717) is 0 Å². The zero-order chi connectivity index (χ0) is 15.9. The van der Waals surface area contributed by atoms with Crippen LogP contribution in [0.25, 0.3) is 11.3 Å². The van der Waals surface area contributed by atoms with E-state index in [4.69, 9.17) is 0 Å². The van der Waals surface area contributed by atoms with E-state index < -0.39 is 8.80 Å². The summed E-state index contributed by atoms with van der Waals surface area (Å²) in [6.45, 7) is 4.42. The smallest absolute Gasteiger partial charge is 0.0987 e. The lowest BCUT2D eigenvalue weighted by Gasteiger charge is -2.15. The molecule has 1 unspecified atom stereocenters. The molecule has 1 heteroatoms. The maximum atomic E-state index is 4.42. The molecule has 0 radical (unpaired) electrons. The predicted molar refractivity (Wildman–Crippen MR) is 104 cm³/mol. The van der Waals surface area contributed by atoms with Crippen LogP contribution in [0.4, 0.5) is 0 Å². The molecule has 0 aliphatic rings. The van der Waals surface area contributed by atoms with E-state index in [1.54, 1.807) is 0 Å². The summed E-state index contributed by atoms with van der Waals surface area (Å²) in [6, 6.07) is 31.7. The highest BCUT2D eigenvalue weighted by Crippen LogP contribution is 2.17. The van der Waals surface area contributed by atoms with Crippen LogP contribution in [0.5, 0.6) is 0 Å². The van der Waals surface area contributed by atoms with Gasteiger partial charge in [0.1, 0.15) is 8.80 Å². The first-order chi connectivity index (χ1) is 11.3. The number of rotatable bonds is 5. The van der Waals surface area contributed by atoms with E-state index in [-0.39, 0.29) is 0 Å². The third-order valence-corrected chi connectivity index (χ3v) is 6.72. The summed E-state index contributed by atoms with van der Waals surface area (Å²) in [5.41, 5.74) is 4.85. The van der Waals surface area contributed by atoms with Crippen molar-refractivity contribution in [3.8, 4) is 0 Å². The quantitative estimate of drug-likeness (QED) is 0.603. The van der Waals surface area contributed by atoms with Crippen molar-refractivity contribution in [2.24, 2.45) is 0 Å². The van der Waals surface area contributed by atoms with Gasteiger partial charge in [-0.1, -0.05) is 120 Å². The fourth-order valence-corrected chi connectivity index (χ4v) is 5.15. The molecule has 0 amide bonds. The molecule has 112 valence electrons. The highest BCUT2D eigenvalue weighted by atomic mass is 28.3. The average molecular weight is 312 g/mol. The third-order valence-electron chi connectivity index (χ3n) is 3.96. The minimum absolute atomic E-state index is 1.24. The summed E-state index contributed by atoms with van der Waals surface area (Å²) >= 11 is 0. The van der Waals surface area contributed by atoms with E-state index in [1.807, 2.05) is 6.07 Å². The first kappa shape index (κ1) is 15.3. The van der Waals surface area contributed by atoms with Gasteiger partial charge < -0.3 is 0 Å². The van der Waals surface area contributed by atoms with Gasteiger partial charge >= 0.3 is 0 Å². The first-order valence-corrected chi connectivity index (χ1v) is 9.69. The monoisotopic (exact) mass is 312 g/mol. The van der Waals surface area contributed by atoms with Crippen LogP contribution >= 0.6 is 0 Å². The third kappa shape index (κ3) is 3.96. The molecule has 1 atom stereocenters. The number of benzene rings is 3. The normalized spacial score (nSPS) is 12.2. The maximum Gasteiger partial charge on any atom is 0.125 e. The summed E-state index contributed by atoms with van der Waals surface area (Å²) < 4.78 is 0. The van der Waals surface area contributed by atoms with Gasteiger partial charge in [-0.2, -0.15) is 0 Å². The van der Waals surface area contributed by atoms with Gasteiger partial charge in [-0.15, -0.1) is 0 Å². The van der Waals surface area contributed by atoms with Gasteiger partial charge in [0.15, 0.2) is 0 Å². The molecule has 0 saturated heterocycles. The van der Waals surface area contributed by atoms with Crippen molar-refractivity contribution in [3.63, 3.8) is 0 Å². The Morgan fingerprint density at radius 3 is 1.83 bits per heavy atom. The predicted octanol–water partition coefficient (Wildman–Crippen LogP) is 4.63. The standard InChI is InChI=1S/C22H20Si/c1-19(21-13-7-3-8-14-21)23(22-15-9-4-10-16-22)18-17-20-11-5-2-6-12-20/h2-18,23H,1H2. The Balaban J connectivity index is 1.95. The van der Waals surface area contributed by atoms with Crippen molar-refractivity contribution in [3.05, 3.63) is 114 Å². The zero-order valence-electron chi connectivity index (χ0n) is 13.1. The minimum atomic E-state index is -1.46. The van der Waals surface area contributed by atoms with E-state index in [9.17, 15) is 0 Å². The average Bonchev–Trinajstić information content (AvgIpc) is 2.64. The Kier molecular flexibility index (Phi) is 5.02. The Morgan fingerprint density at radius 1 is 0.696 bits per heavy atom. The molecule has 3 rings (SSSR count). The number of hydrogen-bond acceptors (Lipinski definition) is 0. The van der Waals surface area contributed by atoms with Crippen LogP contribution in [0, 0.1) is 0 Å². The van der Waals surface area contributed by atoms with Crippen LogP contribution in [-0.2, 0) is 0 Å². The van der Waals surface area contributed by atoms with Crippen LogP contribution in [0.2, 0.25) is 0 Å². The molecule has 0 aliphatic carbocycles. The summed E-state index contributed by atoms with van der Waals surface area (Å²) in [5, 5.41) is 2.65. The van der Waals surface area contributed by atoms with Gasteiger partial charge in [-0.05, 0) is 11.1 Å². The molecule has 0 aliphatic heterocycles. The van der Waals surface area contributed by atoms with E-state index in [2.05, 4.69) is 103 Å². The minimum Gasteiger partial charge on any atom is -0.0987 e. The van der Waals surface area contributed by atoms with E-state index >= 15 is 0 Å². The molecule has 0 aromatic heterocycles. The van der Waals surface area contributed by atoms with Crippen molar-refractivity contribution in [2.45, 2.75) is 0 Å². The molecule has 23 heavy (non-hydrogen) atoms. The van der Waals surface area contributed by atoms with Crippen LogP contribution in [0.3, 0.4) is 0 Å². The van der Waals surface area contributed by atoms with Crippen molar-refractivity contribution in [1.29, 1.82) is 0 Å². The lowest BCUT2D eigenvalue weighted by molar-refractivity contribution is 1.65. The fraction of sp³-hybridized carbons (Fsp3) is 0. The molecule has 3 aromatic carbocycles. The Bertz CT molecular complexity index is 774. The van der Waals surface area contributed by atoms with Gasteiger partial charge in [0, 0.05) is 0 Å². The van der Waals surface area contributed by atoms with Crippen LogP contribution < -0.4 is 5.19 Å². The fourth-order valence-electron chi connectivity index (χ4n) is 2.69. The molecule has 0 bridgehead atoms. The molecular formula is C22H20Si. The van der Waals surface area contributed by atoms with Crippen LogP contribution in [0.1, 0.15) is 11.1 Å². The molecule has 0 saturated carbocycles. The van der Waals surface area contributed by atoms with Crippen molar-refractivity contribution in [1.82, 2.24) is 0 Å². The zero-order valence-corrected chi connectivity index (χ0v) is 14.3. The Hall–Kier alpha value is -2.64. The molecule has 0 nitrogen and oxygen atoms in total. The van der Waals surface area contributed by atoms with Gasteiger partial charge in [0.2, 0.25) is 0 Å². The van der Waals surface area contributed by atoms with E-state index in [1.165, 1.54) is 21.5 Å². The molecule has 0 heterocycles. The SMILES string of the molecule is C=C(c1ccccc1)[SiH](C=Cc1ccccc1)c1ccccc1. The van der Waals surface area contributed by atoms with Gasteiger partial charge in [0.05, 0.1) is 0 Å². The lowest BCUT2D eigenvalue weighted by atomic mass is 10.2. The second kappa shape index (κ2) is 7.57. The topological polar surface area (TPSA) is 0 Å². The first-order valence-electron chi connectivity index (χ1n) is 7.87. The highest BCUT2D eigenvalue weighted by molar-refractivity contribution is 6.93. The van der Waals surface area contributed by atoms with Crippen molar-refractivity contribution >= 4 is 25.3 Å². The summed E-state index contributed by atoms with van der Waals surface area (Å²) in [6.07, 6.45) is 2.23. The van der Waals surface area contributed by atoms with Crippen molar-refractivity contribution in [2.75, 3.05) is 0 Å². The largest absolute Gasteiger partial charge is 0.125 e. The van der Waals surface area contributed by atoms with Gasteiger partial charge in [0.25, 0.3) is 0 Å². The summed E-state index contributed by atoms with van der Waals surface area (Å²) in [7, 11) is -1.46. The van der Waals surface area contributed by atoms with Crippen LogP contribution in [-0.4, -0.2) is 8.80 Å². The summed E-state index contributed by atoms with van der Waals surface area (Å²) in [4.78, 5) is 0. The second-order valence-corrected chi connectivity index (χ2v) is 8.25. The molecular weight excluding hydrogens is 292 g/mol. The van der Waals surface area contributed by atoms with Crippen molar-refractivity contribution < 1.29 is 0 Å². The molecule has 0 fully saturated rings. The molecule has 0 spiro atoms. The Morgan fingerprint density at radius 2 is 1.22 bits per heavy atom. The highest BCUT2D eigenvalue weighted by Gasteiger charge is 2.15. The van der Waals surface area contributed by atoms with Gasteiger partial charge in [-0.25, -0.2) is 0 Å². The molecule has 3 aromatic rings. The lowest BCUT2D eigenvalue weighted by Crippen LogP contribution is -2.29. The Labute approximate surface area is 140 Å². The maximum absolute atomic E-state index is 4.42.